The maximum absolute atomic E-state index is 13.7. The Hall–Kier alpha value is -3.27. The van der Waals surface area contributed by atoms with E-state index in [9.17, 15) is 14.4 Å². The molecule has 3 amide bonds. The van der Waals surface area contributed by atoms with Crippen LogP contribution in [-0.4, -0.2) is 91.3 Å². The Balaban J connectivity index is 1.11. The van der Waals surface area contributed by atoms with Gasteiger partial charge in [-0.1, -0.05) is 24.3 Å². The minimum Gasteiger partial charge on any atom is -0.340 e. The Kier molecular flexibility index (Phi) is 8.91. The lowest BCUT2D eigenvalue weighted by atomic mass is 9.91. The largest absolute Gasteiger partial charge is 0.340 e. The van der Waals surface area contributed by atoms with Crippen LogP contribution in [-0.2, 0) is 9.59 Å². The monoisotopic (exact) mass is 532 g/mol. The van der Waals surface area contributed by atoms with Gasteiger partial charge in [-0.05, 0) is 69.0 Å². The lowest BCUT2D eigenvalue weighted by Gasteiger charge is -2.35. The molecule has 3 aliphatic heterocycles. The van der Waals surface area contributed by atoms with Crippen molar-refractivity contribution in [2.24, 2.45) is 11.7 Å². The summed E-state index contributed by atoms with van der Waals surface area (Å²) >= 11 is 0. The van der Waals surface area contributed by atoms with E-state index in [1.807, 2.05) is 47.4 Å². The van der Waals surface area contributed by atoms with E-state index in [1.54, 1.807) is 11.0 Å². The summed E-state index contributed by atoms with van der Waals surface area (Å²) < 4.78 is 0. The average molecular weight is 533 g/mol. The predicted molar refractivity (Wildman–Crippen MR) is 153 cm³/mol. The lowest BCUT2D eigenvalue weighted by Crippen LogP contribution is -2.49. The van der Waals surface area contributed by atoms with E-state index < -0.39 is 0 Å². The van der Waals surface area contributed by atoms with Crippen LogP contribution in [0.15, 0.2) is 48.5 Å². The molecule has 3 N–H and O–H groups in total. The van der Waals surface area contributed by atoms with Crippen molar-refractivity contribution in [3.63, 3.8) is 0 Å². The molecule has 2 aromatic carbocycles. The summed E-state index contributed by atoms with van der Waals surface area (Å²) in [6.45, 7) is 7.05. The van der Waals surface area contributed by atoms with Crippen molar-refractivity contribution >= 4 is 34.8 Å². The zero-order valence-electron chi connectivity index (χ0n) is 22.7. The van der Waals surface area contributed by atoms with E-state index in [4.69, 9.17) is 5.73 Å². The van der Waals surface area contributed by atoms with Gasteiger partial charge in [0.25, 0.3) is 5.91 Å². The fraction of sp³-hybridized carbons (Fsp3) is 0.500. The molecule has 0 aliphatic carbocycles. The molecule has 0 saturated carbocycles. The molecule has 0 atom stereocenters. The molecule has 0 spiro atoms. The molecule has 0 aromatic heterocycles. The molecule has 3 heterocycles. The van der Waals surface area contributed by atoms with Gasteiger partial charge in [0.2, 0.25) is 11.8 Å². The van der Waals surface area contributed by atoms with Crippen LogP contribution in [0.25, 0.3) is 0 Å². The highest BCUT2D eigenvalue weighted by atomic mass is 16.2. The summed E-state index contributed by atoms with van der Waals surface area (Å²) in [4.78, 5) is 47.4. The molecule has 2 aromatic rings. The second-order valence-corrected chi connectivity index (χ2v) is 10.8. The van der Waals surface area contributed by atoms with Crippen LogP contribution in [0.2, 0.25) is 0 Å². The van der Waals surface area contributed by atoms with Crippen molar-refractivity contribution in [2.45, 2.75) is 32.1 Å². The molecular formula is C30H40N6O3. The van der Waals surface area contributed by atoms with Gasteiger partial charge in [-0.15, -0.1) is 0 Å². The highest BCUT2D eigenvalue weighted by Crippen LogP contribution is 2.38. The number of nitrogens with two attached hydrogens (primary N) is 1. The molecule has 9 heteroatoms. The number of amides is 3. The number of likely N-dealkylation sites (tertiary alicyclic amines) is 1. The third-order valence-corrected chi connectivity index (χ3v) is 8.27. The standard InChI is InChI=1S/C30H40N6O3/c31-14-17-33-18-20-35(21-19-33)28(37)11-5-6-23-12-15-34(16-13-23)22-29(38)36-26-9-3-1-7-24(26)30(39)32-25-8-2-4-10-27(25)36/h1-4,7-10,23H,5-6,11-22,31H2,(H,32,39). The molecule has 0 unspecified atom stereocenters. The van der Waals surface area contributed by atoms with Crippen molar-refractivity contribution in [1.82, 2.24) is 14.7 Å². The number of carbonyl (C=O) groups excluding carboxylic acids is 3. The first-order chi connectivity index (χ1) is 19.0. The van der Waals surface area contributed by atoms with Crippen LogP contribution < -0.4 is 16.0 Å². The number of carbonyl (C=O) groups is 3. The molecule has 2 fully saturated rings. The number of hydrogen-bond acceptors (Lipinski definition) is 6. The zero-order valence-corrected chi connectivity index (χ0v) is 22.7. The van der Waals surface area contributed by atoms with Crippen molar-refractivity contribution in [3.05, 3.63) is 54.1 Å². The number of fused-ring (bicyclic) bond motifs is 2. The number of nitrogens with one attached hydrogen (secondary N) is 1. The summed E-state index contributed by atoms with van der Waals surface area (Å²) in [5.41, 5.74) is 8.09. The van der Waals surface area contributed by atoms with E-state index in [0.29, 0.717) is 48.1 Å². The Morgan fingerprint density at radius 2 is 1.54 bits per heavy atom. The number of para-hydroxylation sites is 3. The van der Waals surface area contributed by atoms with Crippen LogP contribution in [0.1, 0.15) is 42.5 Å². The van der Waals surface area contributed by atoms with Gasteiger partial charge in [-0.25, -0.2) is 0 Å². The van der Waals surface area contributed by atoms with Crippen LogP contribution in [0.3, 0.4) is 0 Å². The minimum absolute atomic E-state index is 0.0398. The number of benzene rings is 2. The van der Waals surface area contributed by atoms with Crippen LogP contribution >= 0.6 is 0 Å². The van der Waals surface area contributed by atoms with Crippen molar-refractivity contribution in [1.29, 1.82) is 0 Å². The summed E-state index contributed by atoms with van der Waals surface area (Å²) in [5.74, 6) is 0.618. The Labute approximate surface area is 230 Å². The fourth-order valence-corrected chi connectivity index (χ4v) is 6.02. The van der Waals surface area contributed by atoms with Gasteiger partial charge in [0, 0.05) is 45.7 Å². The Morgan fingerprint density at radius 1 is 0.846 bits per heavy atom. The first kappa shape index (κ1) is 27.3. The number of piperazine rings is 1. The van der Waals surface area contributed by atoms with Crippen LogP contribution in [0.4, 0.5) is 17.1 Å². The average Bonchev–Trinajstić information content (AvgIpc) is 3.08. The van der Waals surface area contributed by atoms with Crippen LogP contribution in [0.5, 0.6) is 0 Å². The molecule has 3 aliphatic rings. The van der Waals surface area contributed by atoms with Crippen molar-refractivity contribution < 1.29 is 14.4 Å². The quantitative estimate of drug-likeness (QED) is 0.542. The van der Waals surface area contributed by atoms with E-state index in [-0.39, 0.29) is 17.7 Å². The van der Waals surface area contributed by atoms with Gasteiger partial charge in [0.05, 0.1) is 29.2 Å². The van der Waals surface area contributed by atoms with Gasteiger partial charge in [0.1, 0.15) is 0 Å². The molecular weight excluding hydrogens is 492 g/mol. The van der Waals surface area contributed by atoms with Crippen LogP contribution in [0, 0.1) is 5.92 Å². The fourth-order valence-electron chi connectivity index (χ4n) is 6.02. The maximum atomic E-state index is 13.7. The zero-order chi connectivity index (χ0) is 27.2. The van der Waals surface area contributed by atoms with Gasteiger partial charge >= 0.3 is 0 Å². The van der Waals surface area contributed by atoms with E-state index in [0.717, 1.165) is 71.5 Å². The highest BCUT2D eigenvalue weighted by molar-refractivity contribution is 6.17. The summed E-state index contributed by atoms with van der Waals surface area (Å²) in [6, 6.07) is 14.7. The number of nitrogens with zero attached hydrogens (tertiary/aromatic N) is 4. The first-order valence-corrected chi connectivity index (χ1v) is 14.3. The summed E-state index contributed by atoms with van der Waals surface area (Å²) in [5, 5.41) is 2.95. The van der Waals surface area contributed by atoms with Gasteiger partial charge in [0.15, 0.2) is 0 Å². The Morgan fingerprint density at radius 3 is 2.28 bits per heavy atom. The van der Waals surface area contributed by atoms with Gasteiger partial charge in [-0.2, -0.15) is 0 Å². The number of hydrogen-bond donors (Lipinski definition) is 2. The summed E-state index contributed by atoms with van der Waals surface area (Å²) in [6.07, 6.45) is 4.67. The number of piperidine rings is 1. The van der Waals surface area contributed by atoms with E-state index in [2.05, 4.69) is 15.1 Å². The SMILES string of the molecule is NCCN1CCN(C(=O)CCCC2CCN(CC(=O)N3c4ccccc4NC(=O)c4ccccc43)CC2)CC1. The van der Waals surface area contributed by atoms with Crippen molar-refractivity contribution in [2.75, 3.05) is 69.1 Å². The first-order valence-electron chi connectivity index (χ1n) is 14.3. The summed E-state index contributed by atoms with van der Waals surface area (Å²) in [7, 11) is 0. The maximum Gasteiger partial charge on any atom is 0.257 e. The predicted octanol–water partition coefficient (Wildman–Crippen LogP) is 2.90. The van der Waals surface area contributed by atoms with Gasteiger partial charge < -0.3 is 16.0 Å². The molecule has 0 radical (unpaired) electrons. The number of anilines is 3. The van der Waals surface area contributed by atoms with E-state index in [1.165, 1.54) is 0 Å². The smallest absolute Gasteiger partial charge is 0.257 e. The molecule has 0 bridgehead atoms. The highest BCUT2D eigenvalue weighted by Gasteiger charge is 2.31. The normalized spacial score (nSPS) is 18.7. The molecule has 9 nitrogen and oxygen atoms in total. The lowest BCUT2D eigenvalue weighted by molar-refractivity contribution is -0.133. The molecule has 208 valence electrons. The molecule has 5 rings (SSSR count). The molecule has 39 heavy (non-hydrogen) atoms. The molecule has 2 saturated heterocycles. The van der Waals surface area contributed by atoms with Crippen molar-refractivity contribution in [3.8, 4) is 0 Å². The Bertz CT molecular complexity index is 1170. The number of rotatable bonds is 8. The topological polar surface area (TPSA) is 102 Å². The van der Waals surface area contributed by atoms with E-state index >= 15 is 0 Å². The second kappa shape index (κ2) is 12.7. The third-order valence-electron chi connectivity index (χ3n) is 8.27. The van der Waals surface area contributed by atoms with Gasteiger partial charge in [-0.3, -0.25) is 29.1 Å². The second-order valence-electron chi connectivity index (χ2n) is 10.8. The minimum atomic E-state index is -0.207. The third kappa shape index (κ3) is 6.49.